The lowest BCUT2D eigenvalue weighted by molar-refractivity contribution is -0.385. The smallest absolute Gasteiger partial charge is 0.285 e. The highest BCUT2D eigenvalue weighted by molar-refractivity contribution is 5.76. The summed E-state index contributed by atoms with van der Waals surface area (Å²) in [6.45, 7) is 4.69. The van der Waals surface area contributed by atoms with Gasteiger partial charge in [0.25, 0.3) is 11.2 Å². The van der Waals surface area contributed by atoms with Crippen molar-refractivity contribution in [2.75, 3.05) is 39.4 Å². The summed E-state index contributed by atoms with van der Waals surface area (Å²) < 4.78 is 6.44. The Morgan fingerprint density at radius 1 is 1.20 bits per heavy atom. The molecule has 0 N–H and O–H groups in total. The number of nitrogens with zero attached hydrogens (tertiary/aromatic N) is 5. The largest absolute Gasteiger partial charge is 0.379 e. The molecule has 1 saturated heterocycles. The number of rotatable bonds is 9. The van der Waals surface area contributed by atoms with Crippen molar-refractivity contribution in [2.45, 2.75) is 19.5 Å². The monoisotopic (exact) mass is 415 g/mol. The number of ether oxygens (including phenoxy) is 1. The number of carbonyl (C=O) groups excluding carboxylic acids is 1. The second kappa shape index (κ2) is 10.6. The zero-order valence-corrected chi connectivity index (χ0v) is 16.7. The van der Waals surface area contributed by atoms with Crippen LogP contribution in [0.4, 0.5) is 5.69 Å². The van der Waals surface area contributed by atoms with Crippen LogP contribution in [-0.4, -0.2) is 69.6 Å². The zero-order valence-electron chi connectivity index (χ0n) is 16.7. The molecule has 3 heterocycles. The predicted octanol–water partition coefficient (Wildman–Crippen LogP) is 0.903. The van der Waals surface area contributed by atoms with Crippen LogP contribution < -0.4 is 5.56 Å². The quantitative estimate of drug-likeness (QED) is 0.442. The molecule has 1 fully saturated rings. The van der Waals surface area contributed by atoms with Gasteiger partial charge in [-0.3, -0.25) is 34.2 Å². The summed E-state index contributed by atoms with van der Waals surface area (Å²) in [6.07, 6.45) is 5.22. The van der Waals surface area contributed by atoms with Crippen LogP contribution in [0.1, 0.15) is 12.0 Å². The number of pyridine rings is 2. The van der Waals surface area contributed by atoms with Crippen LogP contribution >= 0.6 is 0 Å². The lowest BCUT2D eigenvalue weighted by Crippen LogP contribution is -2.40. The molecule has 0 radical (unpaired) electrons. The van der Waals surface area contributed by atoms with Crippen LogP contribution in [0.25, 0.3) is 0 Å². The van der Waals surface area contributed by atoms with Crippen molar-refractivity contribution in [1.82, 2.24) is 19.4 Å². The van der Waals surface area contributed by atoms with E-state index in [0.29, 0.717) is 13.1 Å². The lowest BCUT2D eigenvalue weighted by Gasteiger charge is -2.28. The van der Waals surface area contributed by atoms with Gasteiger partial charge in [-0.1, -0.05) is 0 Å². The Morgan fingerprint density at radius 2 is 1.93 bits per heavy atom. The predicted molar refractivity (Wildman–Crippen MR) is 109 cm³/mol. The van der Waals surface area contributed by atoms with Crippen molar-refractivity contribution in [3.63, 3.8) is 0 Å². The first-order valence-electron chi connectivity index (χ1n) is 9.84. The van der Waals surface area contributed by atoms with E-state index in [1.165, 1.54) is 0 Å². The van der Waals surface area contributed by atoms with Crippen molar-refractivity contribution in [3.8, 4) is 0 Å². The third-order valence-corrected chi connectivity index (χ3v) is 4.97. The second-order valence-electron chi connectivity index (χ2n) is 7.09. The topological polar surface area (TPSA) is 111 Å². The Labute approximate surface area is 173 Å². The van der Waals surface area contributed by atoms with Crippen molar-refractivity contribution < 1.29 is 14.5 Å². The second-order valence-corrected chi connectivity index (χ2v) is 7.09. The van der Waals surface area contributed by atoms with Gasteiger partial charge in [-0.25, -0.2) is 0 Å². The lowest BCUT2D eigenvalue weighted by atomic mass is 10.2. The maximum atomic E-state index is 13.0. The van der Waals surface area contributed by atoms with Gasteiger partial charge in [0.15, 0.2) is 0 Å². The maximum absolute atomic E-state index is 13.0. The molecule has 0 unspecified atom stereocenters. The molecule has 0 aromatic carbocycles. The van der Waals surface area contributed by atoms with Crippen LogP contribution in [0.3, 0.4) is 0 Å². The highest BCUT2D eigenvalue weighted by Crippen LogP contribution is 2.09. The molecule has 1 aliphatic rings. The van der Waals surface area contributed by atoms with Crippen LogP contribution in [-0.2, 0) is 22.6 Å². The molecule has 0 spiro atoms. The molecular weight excluding hydrogens is 390 g/mol. The van der Waals surface area contributed by atoms with Gasteiger partial charge >= 0.3 is 0 Å². The average Bonchev–Trinajstić information content (AvgIpc) is 2.76. The minimum Gasteiger partial charge on any atom is -0.379 e. The van der Waals surface area contributed by atoms with Crippen LogP contribution in [0.15, 0.2) is 47.7 Å². The first-order valence-corrected chi connectivity index (χ1v) is 9.84. The first kappa shape index (κ1) is 21.6. The van der Waals surface area contributed by atoms with Gasteiger partial charge < -0.3 is 9.64 Å². The standard InChI is InChI=1S/C20H25N5O5/c26-19-3-2-18(25(28)29)15-24(19)16-20(27)23(14-17-4-6-21-7-5-17)9-1-8-22-10-12-30-13-11-22/h2-7,15H,1,8-14,16H2. The summed E-state index contributed by atoms with van der Waals surface area (Å²) in [5.74, 6) is -0.267. The van der Waals surface area contributed by atoms with Crippen LogP contribution in [0.2, 0.25) is 0 Å². The first-order chi connectivity index (χ1) is 14.5. The van der Waals surface area contributed by atoms with Gasteiger partial charge in [0.05, 0.1) is 24.3 Å². The Morgan fingerprint density at radius 3 is 2.63 bits per heavy atom. The molecular formula is C20H25N5O5. The number of hydrogen-bond acceptors (Lipinski definition) is 7. The van der Waals surface area contributed by atoms with E-state index in [-0.39, 0.29) is 18.1 Å². The van der Waals surface area contributed by atoms with Gasteiger partial charge in [-0.2, -0.15) is 0 Å². The van der Waals surface area contributed by atoms with E-state index in [2.05, 4.69) is 9.88 Å². The summed E-state index contributed by atoms with van der Waals surface area (Å²) >= 11 is 0. The molecule has 10 heteroatoms. The SMILES string of the molecule is O=C(Cn1cc([N+](=O)[O-])ccc1=O)N(CCCN1CCOCC1)Cc1ccncc1. The summed E-state index contributed by atoms with van der Waals surface area (Å²) in [6, 6.07) is 5.92. The number of nitro groups is 1. The van der Waals surface area contributed by atoms with E-state index in [1.807, 2.05) is 12.1 Å². The number of hydrogen-bond donors (Lipinski definition) is 0. The van der Waals surface area contributed by atoms with Crippen molar-refractivity contribution in [3.05, 3.63) is 68.9 Å². The van der Waals surface area contributed by atoms with E-state index in [1.54, 1.807) is 17.3 Å². The number of aromatic nitrogens is 2. The van der Waals surface area contributed by atoms with Crippen LogP contribution in [0, 0.1) is 10.1 Å². The van der Waals surface area contributed by atoms with Gasteiger partial charge in [-0.05, 0) is 24.1 Å². The fourth-order valence-corrected chi connectivity index (χ4v) is 3.31. The molecule has 0 aliphatic carbocycles. The van der Waals surface area contributed by atoms with E-state index in [0.717, 1.165) is 67.7 Å². The van der Waals surface area contributed by atoms with Crippen molar-refractivity contribution in [1.29, 1.82) is 0 Å². The Kier molecular flexibility index (Phi) is 7.63. The van der Waals surface area contributed by atoms with Crippen molar-refractivity contribution in [2.24, 2.45) is 0 Å². The molecule has 1 amide bonds. The van der Waals surface area contributed by atoms with Crippen molar-refractivity contribution >= 4 is 11.6 Å². The minimum absolute atomic E-state index is 0.226. The normalized spacial score (nSPS) is 14.4. The van der Waals surface area contributed by atoms with Gasteiger partial charge in [0.2, 0.25) is 5.91 Å². The van der Waals surface area contributed by atoms with E-state index in [4.69, 9.17) is 4.74 Å². The summed E-state index contributed by atoms with van der Waals surface area (Å²) in [7, 11) is 0. The maximum Gasteiger partial charge on any atom is 0.285 e. The molecule has 30 heavy (non-hydrogen) atoms. The molecule has 10 nitrogen and oxygen atoms in total. The number of morpholine rings is 1. The summed E-state index contributed by atoms with van der Waals surface area (Å²) in [5.41, 5.74) is 0.248. The average molecular weight is 415 g/mol. The minimum atomic E-state index is -0.586. The van der Waals surface area contributed by atoms with Crippen LogP contribution in [0.5, 0.6) is 0 Å². The summed E-state index contributed by atoms with van der Waals surface area (Å²) in [4.78, 5) is 43.4. The molecule has 3 rings (SSSR count). The molecule has 0 atom stereocenters. The molecule has 2 aromatic heterocycles. The van der Waals surface area contributed by atoms with Gasteiger partial charge in [0, 0.05) is 57.3 Å². The zero-order chi connectivity index (χ0) is 21.3. The highest BCUT2D eigenvalue weighted by Gasteiger charge is 2.18. The molecule has 0 saturated carbocycles. The highest BCUT2D eigenvalue weighted by atomic mass is 16.6. The Hall–Kier alpha value is -3.11. The Balaban J connectivity index is 1.68. The third kappa shape index (κ3) is 6.19. The molecule has 160 valence electrons. The fourth-order valence-electron chi connectivity index (χ4n) is 3.31. The van der Waals surface area contributed by atoms with E-state index < -0.39 is 10.5 Å². The Bertz CT molecular complexity index is 911. The van der Waals surface area contributed by atoms with E-state index in [9.17, 15) is 19.7 Å². The van der Waals surface area contributed by atoms with E-state index >= 15 is 0 Å². The molecule has 0 bridgehead atoms. The number of amides is 1. The van der Waals surface area contributed by atoms with Gasteiger partial charge in [-0.15, -0.1) is 0 Å². The molecule has 2 aromatic rings. The number of carbonyl (C=O) groups is 1. The summed E-state index contributed by atoms with van der Waals surface area (Å²) in [5, 5.41) is 11.0. The fraction of sp³-hybridized carbons (Fsp3) is 0.450. The van der Waals surface area contributed by atoms with Gasteiger partial charge in [0.1, 0.15) is 6.54 Å². The third-order valence-electron chi connectivity index (χ3n) is 4.97. The molecule has 1 aliphatic heterocycles.